The Labute approximate surface area is 172 Å². The van der Waals surface area contributed by atoms with Crippen molar-refractivity contribution in [2.45, 2.75) is 33.4 Å². The molecule has 0 radical (unpaired) electrons. The number of amides is 2. The first kappa shape index (κ1) is 22.9. The molecular formula is C21H22F3N3O3. The molecule has 0 aliphatic carbocycles. The lowest BCUT2D eigenvalue weighted by Crippen LogP contribution is -2.26. The van der Waals surface area contributed by atoms with Gasteiger partial charge in [0.05, 0.1) is 12.0 Å². The summed E-state index contributed by atoms with van der Waals surface area (Å²) in [4.78, 5) is 23.9. The Morgan fingerprint density at radius 3 is 2.47 bits per heavy atom. The van der Waals surface area contributed by atoms with Crippen LogP contribution in [0, 0.1) is 13.8 Å². The second-order valence-corrected chi connectivity index (χ2v) is 6.74. The molecule has 0 aromatic heterocycles. The predicted molar refractivity (Wildman–Crippen MR) is 107 cm³/mol. The summed E-state index contributed by atoms with van der Waals surface area (Å²) >= 11 is 0. The minimum absolute atomic E-state index is 0.0218. The van der Waals surface area contributed by atoms with E-state index in [0.29, 0.717) is 5.75 Å². The number of hydrogen-bond donors (Lipinski definition) is 2. The van der Waals surface area contributed by atoms with Crippen molar-refractivity contribution in [3.05, 3.63) is 59.2 Å². The van der Waals surface area contributed by atoms with Crippen LogP contribution in [-0.4, -0.2) is 24.1 Å². The fourth-order valence-electron chi connectivity index (χ4n) is 2.54. The van der Waals surface area contributed by atoms with Crippen molar-refractivity contribution in [2.24, 2.45) is 5.10 Å². The highest BCUT2D eigenvalue weighted by Crippen LogP contribution is 2.30. The van der Waals surface area contributed by atoms with Crippen molar-refractivity contribution in [3.63, 3.8) is 0 Å². The van der Waals surface area contributed by atoms with E-state index in [1.165, 1.54) is 19.1 Å². The number of hydrogen-bond acceptors (Lipinski definition) is 4. The van der Waals surface area contributed by atoms with Crippen LogP contribution in [0.2, 0.25) is 0 Å². The number of benzene rings is 2. The molecule has 0 aliphatic rings. The third-order valence-electron chi connectivity index (χ3n) is 3.95. The number of rotatable bonds is 7. The van der Waals surface area contributed by atoms with E-state index in [1.807, 2.05) is 26.0 Å². The van der Waals surface area contributed by atoms with Crippen molar-refractivity contribution >= 4 is 23.2 Å². The maximum atomic E-state index is 12.7. The van der Waals surface area contributed by atoms with Crippen LogP contribution in [0.15, 0.2) is 47.6 Å². The van der Waals surface area contributed by atoms with Crippen LogP contribution >= 0.6 is 0 Å². The fourth-order valence-corrected chi connectivity index (χ4v) is 2.54. The smallest absolute Gasteiger partial charge is 0.416 e. The van der Waals surface area contributed by atoms with Crippen LogP contribution in [0.4, 0.5) is 18.9 Å². The minimum atomic E-state index is -4.50. The predicted octanol–water partition coefficient (Wildman–Crippen LogP) is 4.22. The van der Waals surface area contributed by atoms with Gasteiger partial charge in [0.1, 0.15) is 5.75 Å². The number of carbonyl (C=O) groups is 2. The van der Waals surface area contributed by atoms with E-state index in [0.717, 1.165) is 23.3 Å². The normalized spacial score (nSPS) is 11.7. The van der Waals surface area contributed by atoms with Gasteiger partial charge in [0, 0.05) is 11.4 Å². The number of aryl methyl sites for hydroxylation is 2. The first-order chi connectivity index (χ1) is 14.0. The summed E-state index contributed by atoms with van der Waals surface area (Å²) < 4.78 is 43.6. The highest BCUT2D eigenvalue weighted by molar-refractivity contribution is 6.05. The van der Waals surface area contributed by atoms with Gasteiger partial charge in [0.15, 0.2) is 6.61 Å². The van der Waals surface area contributed by atoms with Crippen molar-refractivity contribution in [1.29, 1.82) is 0 Å². The van der Waals surface area contributed by atoms with Crippen molar-refractivity contribution in [1.82, 2.24) is 5.43 Å². The third kappa shape index (κ3) is 7.23. The third-order valence-corrected chi connectivity index (χ3v) is 3.95. The Hall–Kier alpha value is -3.36. The van der Waals surface area contributed by atoms with E-state index in [9.17, 15) is 22.8 Å². The molecule has 160 valence electrons. The minimum Gasteiger partial charge on any atom is -0.483 e. The van der Waals surface area contributed by atoms with Crippen molar-refractivity contribution in [3.8, 4) is 5.75 Å². The monoisotopic (exact) mass is 421 g/mol. The van der Waals surface area contributed by atoms with Gasteiger partial charge in [-0.15, -0.1) is 0 Å². The zero-order chi connectivity index (χ0) is 22.3. The van der Waals surface area contributed by atoms with Crippen LogP contribution < -0.4 is 15.5 Å². The molecule has 2 rings (SSSR count). The molecule has 6 nitrogen and oxygen atoms in total. The molecule has 2 amide bonds. The topological polar surface area (TPSA) is 79.8 Å². The van der Waals surface area contributed by atoms with Gasteiger partial charge in [0.2, 0.25) is 5.91 Å². The van der Waals surface area contributed by atoms with E-state index in [-0.39, 0.29) is 24.4 Å². The van der Waals surface area contributed by atoms with E-state index in [4.69, 9.17) is 4.74 Å². The Balaban J connectivity index is 1.83. The standard InChI is InChI=1S/C21H22F3N3O3/c1-13-7-8-18(14(2)9-13)30-12-20(29)27-26-15(3)10-19(28)25-17-6-4-5-16(11-17)21(22,23)24/h4-9,11H,10,12H2,1-3H3,(H,25,28)(H,27,29). The first-order valence-corrected chi connectivity index (χ1v) is 9.04. The van der Waals surface area contributed by atoms with Crippen LogP contribution in [0.25, 0.3) is 0 Å². The van der Waals surface area contributed by atoms with Gasteiger partial charge in [-0.05, 0) is 50.6 Å². The Kier molecular flexibility index (Phi) is 7.57. The lowest BCUT2D eigenvalue weighted by molar-refractivity contribution is -0.137. The van der Waals surface area contributed by atoms with Crippen LogP contribution in [-0.2, 0) is 15.8 Å². The molecule has 2 aromatic rings. The van der Waals surface area contributed by atoms with Gasteiger partial charge in [-0.2, -0.15) is 18.3 Å². The SMILES string of the molecule is CC(CC(=O)Nc1cccc(C(F)(F)F)c1)=NNC(=O)COc1ccc(C)cc1C. The zero-order valence-corrected chi connectivity index (χ0v) is 16.8. The summed E-state index contributed by atoms with van der Waals surface area (Å²) in [6, 6.07) is 9.88. The number of hydrazone groups is 1. The molecule has 0 saturated carbocycles. The lowest BCUT2D eigenvalue weighted by atomic mass is 10.1. The summed E-state index contributed by atoms with van der Waals surface area (Å²) in [5, 5.41) is 6.18. The van der Waals surface area contributed by atoms with E-state index in [1.54, 1.807) is 6.07 Å². The summed E-state index contributed by atoms with van der Waals surface area (Å²) in [6.07, 6.45) is -4.70. The molecule has 30 heavy (non-hydrogen) atoms. The quantitative estimate of drug-likeness (QED) is 0.519. The molecule has 0 fully saturated rings. The van der Waals surface area contributed by atoms with Gasteiger partial charge in [-0.25, -0.2) is 5.43 Å². The maximum Gasteiger partial charge on any atom is 0.416 e. The summed E-state index contributed by atoms with van der Waals surface area (Å²) in [7, 11) is 0. The highest BCUT2D eigenvalue weighted by Gasteiger charge is 2.30. The fraction of sp³-hybridized carbons (Fsp3) is 0.286. The summed E-state index contributed by atoms with van der Waals surface area (Å²) in [5.41, 5.74) is 3.69. The van der Waals surface area contributed by atoms with E-state index < -0.39 is 23.6 Å². The van der Waals surface area contributed by atoms with Crippen LogP contribution in [0.5, 0.6) is 5.75 Å². The molecule has 9 heteroatoms. The van der Waals surface area contributed by atoms with Gasteiger partial charge in [-0.1, -0.05) is 23.8 Å². The second-order valence-electron chi connectivity index (χ2n) is 6.74. The number of alkyl halides is 3. The van der Waals surface area contributed by atoms with E-state index >= 15 is 0 Å². The second kappa shape index (κ2) is 9.91. The van der Waals surface area contributed by atoms with Gasteiger partial charge in [0.25, 0.3) is 5.91 Å². The molecule has 2 aromatic carbocycles. The molecule has 0 saturated heterocycles. The van der Waals surface area contributed by atoms with E-state index in [2.05, 4.69) is 15.8 Å². The number of ether oxygens (including phenoxy) is 1. The number of anilines is 1. The number of carbonyl (C=O) groups excluding carboxylic acids is 2. The Bertz CT molecular complexity index is 956. The number of nitrogens with zero attached hydrogens (tertiary/aromatic N) is 1. The average Bonchev–Trinajstić information content (AvgIpc) is 2.65. The molecule has 2 N–H and O–H groups in total. The van der Waals surface area contributed by atoms with Crippen molar-refractivity contribution < 1.29 is 27.5 Å². The molecular weight excluding hydrogens is 399 g/mol. The highest BCUT2D eigenvalue weighted by atomic mass is 19.4. The molecule has 0 heterocycles. The van der Waals surface area contributed by atoms with Crippen LogP contribution in [0.3, 0.4) is 0 Å². The number of nitrogens with one attached hydrogen (secondary N) is 2. The Morgan fingerprint density at radius 1 is 1.07 bits per heavy atom. The van der Waals surface area contributed by atoms with Gasteiger partial charge in [-0.3, -0.25) is 9.59 Å². The molecule has 0 spiro atoms. The molecule has 0 unspecified atom stereocenters. The summed E-state index contributed by atoms with van der Waals surface area (Å²) in [6.45, 7) is 5.07. The largest absolute Gasteiger partial charge is 0.483 e. The Morgan fingerprint density at radius 2 is 1.80 bits per heavy atom. The zero-order valence-electron chi connectivity index (χ0n) is 16.8. The average molecular weight is 421 g/mol. The van der Waals surface area contributed by atoms with Crippen molar-refractivity contribution in [2.75, 3.05) is 11.9 Å². The maximum absolute atomic E-state index is 12.7. The van der Waals surface area contributed by atoms with Gasteiger partial charge < -0.3 is 10.1 Å². The first-order valence-electron chi connectivity index (χ1n) is 9.04. The lowest BCUT2D eigenvalue weighted by Gasteiger charge is -2.10. The molecule has 0 bridgehead atoms. The van der Waals surface area contributed by atoms with Crippen LogP contribution in [0.1, 0.15) is 30.0 Å². The molecule has 0 atom stereocenters. The number of halogens is 3. The summed E-state index contributed by atoms with van der Waals surface area (Å²) in [5.74, 6) is -0.485. The van der Waals surface area contributed by atoms with Gasteiger partial charge >= 0.3 is 6.18 Å². The molecule has 0 aliphatic heterocycles.